The van der Waals surface area contributed by atoms with E-state index < -0.39 is 102 Å². The van der Waals surface area contributed by atoms with Crippen molar-refractivity contribution in [3.8, 4) is 0 Å². The highest BCUT2D eigenvalue weighted by atomic mass is 32.2. The van der Waals surface area contributed by atoms with Gasteiger partial charge in [-0.3, -0.25) is 0 Å². The van der Waals surface area contributed by atoms with Crippen LogP contribution < -0.4 is 5.32 Å². The number of benzene rings is 1. The third kappa shape index (κ3) is 4.90. The molecule has 0 bridgehead atoms. The van der Waals surface area contributed by atoms with Crippen LogP contribution in [0.3, 0.4) is 0 Å². The van der Waals surface area contributed by atoms with Crippen molar-refractivity contribution < 1.29 is 45.3 Å². The number of thioether (sulfide) groups is 1. The van der Waals surface area contributed by atoms with Gasteiger partial charge in [0.05, 0.1) is 39.0 Å². The molecule has 2 aliphatic carbocycles. The highest BCUT2D eigenvalue weighted by Gasteiger charge is 2.45. The van der Waals surface area contributed by atoms with Crippen LogP contribution in [0.2, 0.25) is 0 Å². The highest BCUT2D eigenvalue weighted by molar-refractivity contribution is 7.99. The van der Waals surface area contributed by atoms with Crippen molar-refractivity contribution in [2.24, 2.45) is 0 Å². The average Bonchev–Trinajstić information content (AvgIpc) is 3.43. The summed E-state index contributed by atoms with van der Waals surface area (Å²) < 4.78 is 133. The van der Waals surface area contributed by atoms with Crippen molar-refractivity contribution in [1.82, 2.24) is 25.0 Å². The van der Waals surface area contributed by atoms with Gasteiger partial charge in [-0.15, -0.1) is 5.10 Å². The number of hydrogen-bond donors (Lipinski definition) is 4. The Balaban J connectivity index is 1.67. The topological polar surface area (TPSA) is 138 Å². The second-order valence-corrected chi connectivity index (χ2v) is 8.67. The molecule has 2 fully saturated rings. The lowest BCUT2D eigenvalue weighted by molar-refractivity contribution is -0.0629. The molecular formula is C23H28F2N6O4S. The molecule has 0 amide bonds. The number of halogens is 2. The molecule has 13 heteroatoms. The molecule has 0 radical (unpaired) electrons. The van der Waals surface area contributed by atoms with E-state index in [1.54, 1.807) is 0 Å². The molecule has 0 aliphatic heterocycles. The first-order chi connectivity index (χ1) is 21.9. The van der Waals surface area contributed by atoms with Crippen molar-refractivity contribution in [1.29, 1.82) is 0 Å². The molecule has 2 aromatic heterocycles. The summed E-state index contributed by atoms with van der Waals surface area (Å²) >= 11 is 1.01. The first kappa shape index (κ1) is 14.5. The van der Waals surface area contributed by atoms with Gasteiger partial charge in [-0.1, -0.05) is 29.9 Å². The fourth-order valence-electron chi connectivity index (χ4n) is 3.35. The predicted molar refractivity (Wildman–Crippen MR) is 128 cm³/mol. The van der Waals surface area contributed by atoms with E-state index in [4.69, 9.17) is 16.4 Å². The molecule has 10 nitrogen and oxygen atoms in total. The average molecular weight is 535 g/mol. The normalized spacial score (nSPS) is 44.4. The highest BCUT2D eigenvalue weighted by Crippen LogP contribution is 2.44. The summed E-state index contributed by atoms with van der Waals surface area (Å²) in [5.41, 5.74) is -1.51. The quantitative estimate of drug-likeness (QED) is 0.226. The zero-order valence-corrected chi connectivity index (χ0v) is 19.4. The van der Waals surface area contributed by atoms with E-state index in [0.29, 0.717) is 12.2 Å². The Morgan fingerprint density at radius 2 is 2.17 bits per heavy atom. The molecule has 0 spiro atoms. The zero-order valence-electron chi connectivity index (χ0n) is 30.6. The van der Waals surface area contributed by atoms with Crippen LogP contribution >= 0.6 is 11.8 Å². The summed E-state index contributed by atoms with van der Waals surface area (Å²) in [5.74, 6) is -4.46. The molecule has 194 valence electrons. The van der Waals surface area contributed by atoms with Crippen LogP contribution in [-0.4, -0.2) is 83.5 Å². The van der Waals surface area contributed by atoms with Crippen LogP contribution in [0.1, 0.15) is 60.1 Å². The number of hydrogen-bond acceptors (Lipinski definition) is 10. The molecule has 2 heterocycles. The number of anilines is 1. The van der Waals surface area contributed by atoms with Crippen LogP contribution in [0.4, 0.5) is 14.6 Å². The van der Waals surface area contributed by atoms with Gasteiger partial charge in [0, 0.05) is 26.8 Å². The van der Waals surface area contributed by atoms with E-state index in [9.17, 15) is 24.1 Å². The lowest BCUT2D eigenvalue weighted by atomic mass is 10.1. The van der Waals surface area contributed by atoms with Gasteiger partial charge in [-0.2, -0.15) is 0 Å². The number of fused-ring (bicyclic) bond motifs is 1. The maximum Gasteiger partial charge on any atom is 0.191 e. The first-order valence-electron chi connectivity index (χ1n) is 16.7. The van der Waals surface area contributed by atoms with E-state index in [2.05, 4.69) is 30.3 Å². The fraction of sp³-hybridized carbons (Fsp3) is 0.565. The molecule has 1 unspecified atom stereocenters. The zero-order chi connectivity index (χ0) is 36.2. The Labute approximate surface area is 226 Å². The van der Waals surface area contributed by atoms with Gasteiger partial charge in [-0.25, -0.2) is 23.4 Å². The van der Waals surface area contributed by atoms with E-state index >= 15 is 0 Å². The third-order valence-electron chi connectivity index (χ3n) is 5.12. The molecule has 2 saturated carbocycles. The van der Waals surface area contributed by atoms with E-state index in [0.717, 1.165) is 11.8 Å². The minimum Gasteiger partial charge on any atom is -0.394 e. The van der Waals surface area contributed by atoms with Crippen molar-refractivity contribution in [2.75, 3.05) is 24.2 Å². The number of aliphatic hydroxyl groups is 3. The maximum atomic E-state index is 14.3. The maximum absolute atomic E-state index is 14.3. The molecule has 3 aromatic rings. The van der Waals surface area contributed by atoms with E-state index in [-0.39, 0.29) is 22.1 Å². The Morgan fingerprint density at radius 1 is 1.33 bits per heavy atom. The van der Waals surface area contributed by atoms with E-state index in [1.165, 1.54) is 0 Å². The van der Waals surface area contributed by atoms with Crippen molar-refractivity contribution >= 4 is 28.7 Å². The predicted octanol–water partition coefficient (Wildman–Crippen LogP) is 2.01. The van der Waals surface area contributed by atoms with Gasteiger partial charge >= 0.3 is 0 Å². The van der Waals surface area contributed by atoms with Crippen LogP contribution in [0.5, 0.6) is 0 Å². The second-order valence-electron chi connectivity index (χ2n) is 7.60. The van der Waals surface area contributed by atoms with Crippen molar-refractivity contribution in [2.45, 2.75) is 67.5 Å². The largest absolute Gasteiger partial charge is 0.394 e. The van der Waals surface area contributed by atoms with Gasteiger partial charge in [0.1, 0.15) is 12.2 Å². The molecule has 4 N–H and O–H groups in total. The molecule has 6 atom stereocenters. The Bertz CT molecular complexity index is 1780. The van der Waals surface area contributed by atoms with Crippen molar-refractivity contribution in [3.63, 3.8) is 0 Å². The second kappa shape index (κ2) is 10.5. The molecule has 36 heavy (non-hydrogen) atoms. The number of aliphatic hydroxyl groups excluding tert-OH is 1. The minimum absolute atomic E-state index is 0.123. The smallest absolute Gasteiger partial charge is 0.191 e. The molecule has 0 saturated heterocycles. The molecule has 2 aliphatic rings. The number of ether oxygens (including phenoxy) is 1. The number of rotatable bonds is 10. The molecular weight excluding hydrogens is 494 g/mol. The SMILES string of the molecule is [2H]c1c([2H])c(C2C[C@]2([2H])Nc2nc(SCCC)nc3c2nnn3[C@]2([2H])C([2H])([2H])[C@]([2H])(OC([2H])([2H])CO)[C@@]([2H])(O)[C@@]2([2H])O)c([2H])c(F)c1F. The van der Waals surface area contributed by atoms with Gasteiger partial charge in [0.25, 0.3) is 0 Å². The van der Waals surface area contributed by atoms with Gasteiger partial charge in [0.15, 0.2) is 33.8 Å². The van der Waals surface area contributed by atoms with Gasteiger partial charge in [0.2, 0.25) is 0 Å². The van der Waals surface area contributed by atoms with Gasteiger partial charge < -0.3 is 25.4 Å². The Hall–Kier alpha value is -2.45. The third-order valence-corrected chi connectivity index (χ3v) is 6.17. The van der Waals surface area contributed by atoms with Gasteiger partial charge in [-0.05, 0) is 30.5 Å². The Kier molecular flexibility index (Phi) is 4.22. The summed E-state index contributed by atoms with van der Waals surface area (Å²) in [4.78, 5) is 8.49. The lowest BCUT2D eigenvalue weighted by Gasteiger charge is -2.17. The summed E-state index contributed by atoms with van der Waals surface area (Å²) in [6, 6.07) is -8.58. The monoisotopic (exact) mass is 534 g/mol. The summed E-state index contributed by atoms with van der Waals surface area (Å²) in [7, 11) is 0. The summed E-state index contributed by atoms with van der Waals surface area (Å²) in [5, 5.41) is 41.5. The van der Waals surface area contributed by atoms with Crippen molar-refractivity contribution in [3.05, 3.63) is 35.3 Å². The minimum atomic E-state index is -4.14. The number of nitrogens with zero attached hydrogens (tertiary/aromatic N) is 5. The lowest BCUT2D eigenvalue weighted by Crippen LogP contribution is -2.33. The summed E-state index contributed by atoms with van der Waals surface area (Å²) in [6.07, 6.45) is -15.8. The van der Waals surface area contributed by atoms with Crippen LogP contribution in [0.15, 0.2) is 23.3 Å². The number of nitrogens with one attached hydrogen (secondary N) is 1. The first-order valence-corrected chi connectivity index (χ1v) is 11.6. The van der Waals surface area contributed by atoms with Crippen LogP contribution in [0.25, 0.3) is 11.2 Å². The molecule has 1 aromatic carbocycles. The van der Waals surface area contributed by atoms with E-state index in [1.807, 2.05) is 6.92 Å². The van der Waals surface area contributed by atoms with Crippen LogP contribution in [-0.2, 0) is 4.74 Å². The number of aromatic nitrogens is 5. The molecule has 5 rings (SSSR count). The fourth-order valence-corrected chi connectivity index (χ4v) is 4.04. The summed E-state index contributed by atoms with van der Waals surface area (Å²) in [6.45, 7) is -3.02. The standard InChI is InChI=1S/C23H28F2N6O4S/c1-2-7-36-23-27-21(26-15-9-12(15)11-3-4-13(24)14(25)8-11)18-22(28-23)31(30-29-18)16-10-17(35-6-5-32)20(34)19(16)33/h3-4,8,12,15-17,19-20,32-34H,2,5-7,9-10H2,1H3,(H,26,27,28)/t12?,15-,16+,17-,19-,20+/m0/s1/i3D,4D,6D2,8D,10D2,15D,16D,17D,19D,20D. The van der Waals surface area contributed by atoms with Crippen LogP contribution in [0, 0.1) is 11.6 Å². The Morgan fingerprint density at radius 3 is 2.94 bits per heavy atom.